The molecule has 11 heteroatoms. The number of carbonyl (C=O) groups is 1. The van der Waals surface area contributed by atoms with Gasteiger partial charge in [-0.1, -0.05) is 35.3 Å². The molecule has 0 unspecified atom stereocenters. The van der Waals surface area contributed by atoms with E-state index in [2.05, 4.69) is 10.6 Å². The fraction of sp³-hybridized carbons (Fsp3) is 0.136. The Morgan fingerprint density at radius 1 is 0.758 bits per heavy atom. The van der Waals surface area contributed by atoms with Crippen molar-refractivity contribution >= 4 is 40.6 Å². The number of amides is 2. The number of nitrogens with one attached hydrogen (secondary N) is 2. The second-order valence-corrected chi connectivity index (χ2v) is 7.84. The summed E-state index contributed by atoms with van der Waals surface area (Å²) in [5, 5.41) is 4.24. The summed E-state index contributed by atoms with van der Waals surface area (Å²) in [5.74, 6) is 0. The molecule has 3 aromatic carbocycles. The van der Waals surface area contributed by atoms with E-state index in [9.17, 15) is 31.1 Å². The van der Waals surface area contributed by atoms with Crippen LogP contribution < -0.4 is 10.6 Å². The van der Waals surface area contributed by atoms with Crippen molar-refractivity contribution in [2.24, 2.45) is 0 Å². The van der Waals surface area contributed by atoms with Crippen LogP contribution >= 0.6 is 23.2 Å². The van der Waals surface area contributed by atoms with Gasteiger partial charge in [-0.25, -0.2) is 4.79 Å². The Hall–Kier alpha value is -2.91. The summed E-state index contributed by atoms with van der Waals surface area (Å²) in [7, 11) is 0. The van der Waals surface area contributed by atoms with Gasteiger partial charge in [0.05, 0.1) is 16.1 Å². The lowest BCUT2D eigenvalue weighted by Crippen LogP contribution is -2.20. The van der Waals surface area contributed by atoms with Crippen molar-refractivity contribution < 1.29 is 31.1 Å². The highest BCUT2D eigenvalue weighted by molar-refractivity contribution is 6.31. The number of hydrogen-bond donors (Lipinski definition) is 2. The fourth-order valence-electron chi connectivity index (χ4n) is 3.03. The summed E-state index contributed by atoms with van der Waals surface area (Å²) in [5.41, 5.74) is -1.70. The van der Waals surface area contributed by atoms with Gasteiger partial charge in [0.15, 0.2) is 0 Å². The summed E-state index contributed by atoms with van der Waals surface area (Å²) in [6, 6.07) is 11.2. The predicted octanol–water partition coefficient (Wildman–Crippen LogP) is 8.27. The van der Waals surface area contributed by atoms with Gasteiger partial charge < -0.3 is 10.6 Å². The molecule has 0 aliphatic carbocycles. The number of carbonyl (C=O) groups excluding carboxylic acids is 1. The normalized spacial score (nSPS) is 11.9. The van der Waals surface area contributed by atoms with Gasteiger partial charge in [-0.15, -0.1) is 0 Å². The molecule has 33 heavy (non-hydrogen) atoms. The van der Waals surface area contributed by atoms with Crippen LogP contribution in [0.15, 0.2) is 60.7 Å². The number of rotatable bonds is 4. The number of alkyl halides is 6. The Morgan fingerprint density at radius 2 is 1.45 bits per heavy atom. The van der Waals surface area contributed by atoms with Crippen LogP contribution in [0, 0.1) is 0 Å². The van der Waals surface area contributed by atoms with Gasteiger partial charge in [0.2, 0.25) is 0 Å². The van der Waals surface area contributed by atoms with Gasteiger partial charge in [0.1, 0.15) is 0 Å². The summed E-state index contributed by atoms with van der Waals surface area (Å²) in [6.45, 7) is 0. The average molecular weight is 507 g/mol. The average Bonchev–Trinajstić information content (AvgIpc) is 2.67. The Kier molecular flexibility index (Phi) is 7.14. The Morgan fingerprint density at radius 3 is 2.09 bits per heavy atom. The molecule has 0 radical (unpaired) electrons. The second kappa shape index (κ2) is 9.52. The van der Waals surface area contributed by atoms with Gasteiger partial charge in [-0.05, 0) is 66.1 Å². The molecular weight excluding hydrogens is 493 g/mol. The quantitative estimate of drug-likeness (QED) is 0.343. The number of halogens is 8. The maximum absolute atomic E-state index is 13.4. The van der Waals surface area contributed by atoms with E-state index < -0.39 is 34.5 Å². The standard InChI is InChI=1S/C22H14Cl2F6N2O/c23-15-3-1-2-12(8-15)6-13-7-14(21(25,26)27)10-17(9-13)32-20(33)31-16-4-5-19(24)18(11-16)22(28,29)30/h1-5,7-11H,6H2,(H2,31,32,33). The van der Waals surface area contributed by atoms with Gasteiger partial charge >= 0.3 is 18.4 Å². The molecule has 2 amide bonds. The van der Waals surface area contributed by atoms with Crippen LogP contribution in [0.25, 0.3) is 0 Å². The monoisotopic (exact) mass is 506 g/mol. The van der Waals surface area contributed by atoms with Gasteiger partial charge in [0.25, 0.3) is 0 Å². The van der Waals surface area contributed by atoms with E-state index >= 15 is 0 Å². The zero-order valence-corrected chi connectivity index (χ0v) is 17.9. The van der Waals surface area contributed by atoms with Gasteiger partial charge in [-0.2, -0.15) is 26.3 Å². The molecule has 0 saturated heterocycles. The lowest BCUT2D eigenvalue weighted by atomic mass is 10.0. The van der Waals surface area contributed by atoms with Crippen molar-refractivity contribution in [1.82, 2.24) is 0 Å². The van der Waals surface area contributed by atoms with Crippen LogP contribution in [-0.4, -0.2) is 6.03 Å². The maximum atomic E-state index is 13.4. The molecule has 0 atom stereocenters. The van der Waals surface area contributed by atoms with Crippen LogP contribution in [0.5, 0.6) is 0 Å². The fourth-order valence-corrected chi connectivity index (χ4v) is 3.46. The second-order valence-electron chi connectivity index (χ2n) is 6.99. The third-order valence-corrected chi connectivity index (χ3v) is 4.97. The number of urea groups is 1. The van der Waals surface area contributed by atoms with E-state index in [0.29, 0.717) is 16.7 Å². The Labute approximate surface area is 194 Å². The van der Waals surface area contributed by atoms with Crippen molar-refractivity contribution in [1.29, 1.82) is 0 Å². The molecule has 3 nitrogen and oxygen atoms in total. The first-order chi connectivity index (χ1) is 15.3. The number of anilines is 2. The summed E-state index contributed by atoms with van der Waals surface area (Å²) < 4.78 is 79.1. The summed E-state index contributed by atoms with van der Waals surface area (Å²) in [6.07, 6.45) is -9.33. The van der Waals surface area contributed by atoms with Crippen molar-refractivity contribution in [3.8, 4) is 0 Å². The lowest BCUT2D eigenvalue weighted by molar-refractivity contribution is -0.138. The minimum atomic E-state index is -4.75. The molecule has 0 aliphatic rings. The Balaban J connectivity index is 1.84. The number of hydrogen-bond acceptors (Lipinski definition) is 1. The highest BCUT2D eigenvalue weighted by Crippen LogP contribution is 2.36. The third kappa shape index (κ3) is 6.79. The molecule has 0 heterocycles. The topological polar surface area (TPSA) is 41.1 Å². The summed E-state index contributed by atoms with van der Waals surface area (Å²) >= 11 is 11.5. The van der Waals surface area contributed by atoms with Crippen LogP contribution in [0.1, 0.15) is 22.3 Å². The molecule has 2 N–H and O–H groups in total. The van der Waals surface area contributed by atoms with Crippen molar-refractivity contribution in [2.75, 3.05) is 10.6 Å². The summed E-state index contributed by atoms with van der Waals surface area (Å²) in [4.78, 5) is 12.3. The van der Waals surface area contributed by atoms with E-state index in [1.165, 1.54) is 6.07 Å². The smallest absolute Gasteiger partial charge is 0.308 e. The molecular formula is C22H14Cl2F6N2O. The molecule has 0 spiro atoms. The third-order valence-electron chi connectivity index (χ3n) is 4.40. The Bertz CT molecular complexity index is 1180. The van der Waals surface area contributed by atoms with Crippen LogP contribution in [0.3, 0.4) is 0 Å². The molecule has 174 valence electrons. The van der Waals surface area contributed by atoms with Crippen LogP contribution in [0.4, 0.5) is 42.5 Å². The van der Waals surface area contributed by atoms with E-state index in [0.717, 1.165) is 24.3 Å². The van der Waals surface area contributed by atoms with Crippen molar-refractivity contribution in [3.05, 3.63) is 93.0 Å². The highest BCUT2D eigenvalue weighted by Gasteiger charge is 2.34. The van der Waals surface area contributed by atoms with E-state index in [1.807, 2.05) is 0 Å². The van der Waals surface area contributed by atoms with Crippen LogP contribution in [0.2, 0.25) is 10.0 Å². The van der Waals surface area contributed by atoms with E-state index in [4.69, 9.17) is 23.2 Å². The van der Waals surface area contributed by atoms with Gasteiger partial charge in [0, 0.05) is 16.4 Å². The zero-order chi connectivity index (χ0) is 24.4. The minimum Gasteiger partial charge on any atom is -0.308 e. The number of benzene rings is 3. The predicted molar refractivity (Wildman–Crippen MR) is 115 cm³/mol. The van der Waals surface area contributed by atoms with Gasteiger partial charge in [-0.3, -0.25) is 0 Å². The first kappa shape index (κ1) is 24.7. The van der Waals surface area contributed by atoms with Crippen molar-refractivity contribution in [3.63, 3.8) is 0 Å². The van der Waals surface area contributed by atoms with E-state index in [-0.39, 0.29) is 23.4 Å². The molecule has 0 bridgehead atoms. The molecule has 3 rings (SSSR count). The SMILES string of the molecule is O=C(Nc1cc(Cc2cccc(Cl)c2)cc(C(F)(F)F)c1)Nc1ccc(Cl)c(C(F)(F)F)c1. The lowest BCUT2D eigenvalue weighted by Gasteiger charge is -2.15. The first-order valence-electron chi connectivity index (χ1n) is 9.21. The molecule has 0 aliphatic heterocycles. The molecule has 0 fully saturated rings. The largest absolute Gasteiger partial charge is 0.417 e. The molecule has 0 aromatic heterocycles. The minimum absolute atomic E-state index is 0.104. The maximum Gasteiger partial charge on any atom is 0.417 e. The first-order valence-corrected chi connectivity index (χ1v) is 9.97. The zero-order valence-electron chi connectivity index (χ0n) is 16.4. The van der Waals surface area contributed by atoms with Crippen LogP contribution in [-0.2, 0) is 18.8 Å². The molecule has 0 saturated carbocycles. The van der Waals surface area contributed by atoms with E-state index in [1.54, 1.807) is 24.3 Å². The van der Waals surface area contributed by atoms with Crippen molar-refractivity contribution in [2.45, 2.75) is 18.8 Å². The highest BCUT2D eigenvalue weighted by atomic mass is 35.5. The molecule has 3 aromatic rings.